The van der Waals surface area contributed by atoms with Crippen molar-refractivity contribution in [2.45, 2.75) is 57.9 Å². The van der Waals surface area contributed by atoms with Gasteiger partial charge >= 0.3 is 0 Å². The van der Waals surface area contributed by atoms with E-state index < -0.39 is 0 Å². The Morgan fingerprint density at radius 1 is 1.15 bits per heavy atom. The third-order valence-corrected chi connectivity index (χ3v) is 5.26. The summed E-state index contributed by atoms with van der Waals surface area (Å²) in [6.45, 7) is 8.05. The molecule has 2 aliphatic rings. The minimum atomic E-state index is -0.134. The fourth-order valence-electron chi connectivity index (χ4n) is 3.41. The quantitative estimate of drug-likeness (QED) is 0.865. The molecule has 0 bridgehead atoms. The molecule has 0 aliphatic heterocycles. The first-order valence-corrected chi connectivity index (χ1v) is 7.88. The van der Waals surface area contributed by atoms with E-state index in [2.05, 4.69) is 26.1 Å². The number of hydrogen-bond acceptors (Lipinski definition) is 1. The molecule has 0 heterocycles. The van der Waals surface area contributed by atoms with Crippen molar-refractivity contribution in [1.82, 2.24) is 5.32 Å². The van der Waals surface area contributed by atoms with Gasteiger partial charge < -0.3 is 5.32 Å². The molecule has 1 nitrogen and oxygen atoms in total. The maximum absolute atomic E-state index is 13.2. The highest BCUT2D eigenvalue weighted by Gasteiger charge is 2.49. The standard InChI is InChI=1S/C18H26FN/c1-17(2,3)14-10-18(11-14,12-20-16-8-9-16)13-4-6-15(19)7-5-13/h4-7,14,16,20H,8-12H2,1-3H3. The fraction of sp³-hybridized carbons (Fsp3) is 0.667. The second kappa shape index (κ2) is 4.84. The van der Waals surface area contributed by atoms with Gasteiger partial charge in [0.25, 0.3) is 0 Å². The van der Waals surface area contributed by atoms with Gasteiger partial charge in [0.05, 0.1) is 0 Å². The van der Waals surface area contributed by atoms with E-state index in [-0.39, 0.29) is 11.2 Å². The highest BCUT2D eigenvalue weighted by molar-refractivity contribution is 5.30. The van der Waals surface area contributed by atoms with Crippen molar-refractivity contribution in [3.63, 3.8) is 0 Å². The lowest BCUT2D eigenvalue weighted by molar-refractivity contribution is 0.0446. The summed E-state index contributed by atoms with van der Waals surface area (Å²) in [5.41, 5.74) is 1.92. The van der Waals surface area contributed by atoms with Crippen molar-refractivity contribution in [1.29, 1.82) is 0 Å². The summed E-state index contributed by atoms with van der Waals surface area (Å²) in [6.07, 6.45) is 5.09. The third-order valence-electron chi connectivity index (χ3n) is 5.26. The van der Waals surface area contributed by atoms with Crippen LogP contribution < -0.4 is 5.32 Å². The van der Waals surface area contributed by atoms with Gasteiger partial charge in [-0.05, 0) is 54.7 Å². The summed E-state index contributed by atoms with van der Waals surface area (Å²) in [5.74, 6) is 0.638. The Hall–Kier alpha value is -0.890. The zero-order chi connectivity index (χ0) is 14.4. The average Bonchev–Trinajstić information content (AvgIpc) is 3.12. The number of nitrogens with one attached hydrogen (secondary N) is 1. The van der Waals surface area contributed by atoms with Crippen LogP contribution in [0.4, 0.5) is 4.39 Å². The van der Waals surface area contributed by atoms with Crippen LogP contribution in [0, 0.1) is 17.2 Å². The molecule has 0 unspecified atom stereocenters. The fourth-order valence-corrected chi connectivity index (χ4v) is 3.41. The first-order valence-electron chi connectivity index (χ1n) is 7.88. The van der Waals surface area contributed by atoms with Crippen LogP contribution in [0.2, 0.25) is 0 Å². The molecule has 1 aromatic rings. The molecule has 0 amide bonds. The topological polar surface area (TPSA) is 12.0 Å². The Morgan fingerprint density at radius 2 is 1.75 bits per heavy atom. The molecule has 0 aromatic heterocycles. The third kappa shape index (κ3) is 2.76. The van der Waals surface area contributed by atoms with Crippen molar-refractivity contribution in [3.05, 3.63) is 35.6 Å². The lowest BCUT2D eigenvalue weighted by Crippen LogP contribution is -2.52. The summed E-state index contributed by atoms with van der Waals surface area (Å²) >= 11 is 0. The maximum Gasteiger partial charge on any atom is 0.123 e. The molecule has 1 aromatic carbocycles. The minimum absolute atomic E-state index is 0.134. The SMILES string of the molecule is CC(C)(C)C1CC(CNC2CC2)(c2ccc(F)cc2)C1. The Bertz CT molecular complexity index is 461. The number of halogens is 1. The molecule has 0 saturated heterocycles. The van der Waals surface area contributed by atoms with Gasteiger partial charge in [0, 0.05) is 18.0 Å². The Labute approximate surface area is 122 Å². The molecule has 20 heavy (non-hydrogen) atoms. The average molecular weight is 275 g/mol. The Morgan fingerprint density at radius 3 is 2.25 bits per heavy atom. The zero-order valence-corrected chi connectivity index (χ0v) is 12.9. The molecule has 2 saturated carbocycles. The largest absolute Gasteiger partial charge is 0.313 e. The van der Waals surface area contributed by atoms with E-state index in [1.165, 1.54) is 31.2 Å². The lowest BCUT2D eigenvalue weighted by atomic mass is 9.52. The minimum Gasteiger partial charge on any atom is -0.313 e. The van der Waals surface area contributed by atoms with Crippen molar-refractivity contribution in [3.8, 4) is 0 Å². The van der Waals surface area contributed by atoms with Crippen LogP contribution in [-0.2, 0) is 5.41 Å². The van der Waals surface area contributed by atoms with E-state index in [1.54, 1.807) is 12.1 Å². The monoisotopic (exact) mass is 275 g/mol. The van der Waals surface area contributed by atoms with Crippen molar-refractivity contribution in [2.75, 3.05) is 6.54 Å². The first kappa shape index (κ1) is 14.1. The van der Waals surface area contributed by atoms with Crippen LogP contribution in [0.25, 0.3) is 0 Å². The lowest BCUT2D eigenvalue weighted by Gasteiger charge is -2.53. The van der Waals surface area contributed by atoms with Crippen LogP contribution in [0.5, 0.6) is 0 Å². The molecule has 0 spiro atoms. The van der Waals surface area contributed by atoms with Gasteiger partial charge in [0.1, 0.15) is 5.82 Å². The molecule has 2 aliphatic carbocycles. The van der Waals surface area contributed by atoms with Gasteiger partial charge in [0.2, 0.25) is 0 Å². The Balaban J connectivity index is 1.76. The first-order chi connectivity index (χ1) is 9.39. The smallest absolute Gasteiger partial charge is 0.123 e. The van der Waals surface area contributed by atoms with Gasteiger partial charge in [0.15, 0.2) is 0 Å². The molecule has 2 heteroatoms. The van der Waals surface area contributed by atoms with Crippen molar-refractivity contribution < 1.29 is 4.39 Å². The van der Waals surface area contributed by atoms with E-state index in [0.29, 0.717) is 5.41 Å². The summed E-state index contributed by atoms with van der Waals surface area (Å²) in [5, 5.41) is 3.69. The predicted molar refractivity (Wildman–Crippen MR) is 81.3 cm³/mol. The Kier molecular flexibility index (Phi) is 3.40. The molecular formula is C18H26FN. The zero-order valence-electron chi connectivity index (χ0n) is 12.9. The van der Waals surface area contributed by atoms with E-state index in [9.17, 15) is 4.39 Å². The summed E-state index contributed by atoms with van der Waals surface area (Å²) in [6, 6.07) is 7.93. The molecule has 3 rings (SSSR count). The van der Waals surface area contributed by atoms with E-state index in [0.717, 1.165) is 18.5 Å². The van der Waals surface area contributed by atoms with E-state index in [4.69, 9.17) is 0 Å². The van der Waals surface area contributed by atoms with Gasteiger partial charge in [-0.3, -0.25) is 0 Å². The van der Waals surface area contributed by atoms with Gasteiger partial charge in [-0.25, -0.2) is 4.39 Å². The normalized spacial score (nSPS) is 30.1. The molecule has 110 valence electrons. The summed E-state index contributed by atoms with van der Waals surface area (Å²) < 4.78 is 13.2. The number of rotatable bonds is 4. The van der Waals surface area contributed by atoms with Crippen molar-refractivity contribution in [2.24, 2.45) is 11.3 Å². The van der Waals surface area contributed by atoms with Gasteiger partial charge in [-0.1, -0.05) is 32.9 Å². The van der Waals surface area contributed by atoms with Crippen LogP contribution in [0.1, 0.15) is 52.0 Å². The van der Waals surface area contributed by atoms with Crippen LogP contribution in [0.3, 0.4) is 0 Å². The van der Waals surface area contributed by atoms with Crippen LogP contribution in [0.15, 0.2) is 24.3 Å². The highest BCUT2D eigenvalue weighted by Crippen LogP contribution is 2.54. The van der Waals surface area contributed by atoms with E-state index >= 15 is 0 Å². The summed E-state index contributed by atoms with van der Waals surface area (Å²) in [7, 11) is 0. The highest BCUT2D eigenvalue weighted by atomic mass is 19.1. The van der Waals surface area contributed by atoms with Crippen molar-refractivity contribution >= 4 is 0 Å². The molecule has 1 N–H and O–H groups in total. The molecule has 2 fully saturated rings. The van der Waals surface area contributed by atoms with Crippen LogP contribution >= 0.6 is 0 Å². The molecule has 0 radical (unpaired) electrons. The molecular weight excluding hydrogens is 249 g/mol. The second-order valence-corrected chi connectivity index (χ2v) is 7.91. The van der Waals surface area contributed by atoms with Gasteiger partial charge in [-0.15, -0.1) is 0 Å². The summed E-state index contributed by atoms with van der Waals surface area (Å²) in [4.78, 5) is 0. The van der Waals surface area contributed by atoms with E-state index in [1.807, 2.05) is 12.1 Å². The number of benzene rings is 1. The number of hydrogen-bond donors (Lipinski definition) is 1. The maximum atomic E-state index is 13.2. The predicted octanol–water partition coefficient (Wildman–Crippen LogP) is 4.27. The van der Waals surface area contributed by atoms with Crippen LogP contribution in [-0.4, -0.2) is 12.6 Å². The molecule has 0 atom stereocenters. The second-order valence-electron chi connectivity index (χ2n) is 7.91. The van der Waals surface area contributed by atoms with Gasteiger partial charge in [-0.2, -0.15) is 0 Å².